The van der Waals surface area contributed by atoms with Gasteiger partial charge in [-0.05, 0) is 30.3 Å². The van der Waals surface area contributed by atoms with E-state index >= 15 is 0 Å². The summed E-state index contributed by atoms with van der Waals surface area (Å²) in [5, 5.41) is 0.537. The summed E-state index contributed by atoms with van der Waals surface area (Å²) in [5.41, 5.74) is 0.729. The molecule has 1 fully saturated rings. The first-order chi connectivity index (χ1) is 14.1. The molecule has 0 atom stereocenters. The molecule has 3 aromatic rings. The van der Waals surface area contributed by atoms with Crippen molar-refractivity contribution in [3.05, 3.63) is 48.3 Å². The number of nitrogens with zero attached hydrogens (tertiary/aromatic N) is 2. The van der Waals surface area contributed by atoms with Crippen LogP contribution in [0.2, 0.25) is 0 Å². The Balaban J connectivity index is 1.27. The van der Waals surface area contributed by atoms with Gasteiger partial charge in [-0.1, -0.05) is 23.5 Å². The molecule has 1 aromatic heterocycles. The zero-order chi connectivity index (χ0) is 20.2. The van der Waals surface area contributed by atoms with Crippen LogP contribution in [0.25, 0.3) is 10.2 Å². The van der Waals surface area contributed by atoms with Crippen LogP contribution < -0.4 is 14.2 Å². The molecule has 0 unspecified atom stereocenters. The van der Waals surface area contributed by atoms with E-state index < -0.39 is 0 Å². The third kappa shape index (κ3) is 4.59. The van der Waals surface area contributed by atoms with Crippen molar-refractivity contribution in [2.75, 3.05) is 26.8 Å². The van der Waals surface area contributed by atoms with Crippen LogP contribution in [0.4, 0.5) is 4.39 Å². The normalized spacial score (nSPS) is 14.8. The molecule has 0 spiro atoms. The molecule has 29 heavy (non-hydrogen) atoms. The Bertz CT molecular complexity index is 1000. The Labute approximate surface area is 171 Å². The fourth-order valence-electron chi connectivity index (χ4n) is 3.26. The van der Waals surface area contributed by atoms with Gasteiger partial charge < -0.3 is 19.1 Å². The third-order valence-electron chi connectivity index (χ3n) is 4.81. The number of carbonyl (C=O) groups is 1. The number of hydrogen-bond donors (Lipinski definition) is 0. The Morgan fingerprint density at radius 1 is 1.21 bits per heavy atom. The molecular formula is C21H21FN2O4S. The maximum atomic E-state index is 13.3. The lowest BCUT2D eigenvalue weighted by atomic mass is 10.1. The molecule has 0 N–H and O–H groups in total. The number of thiazole rings is 1. The van der Waals surface area contributed by atoms with E-state index in [1.165, 1.54) is 23.5 Å². The highest BCUT2D eigenvalue weighted by Crippen LogP contribution is 2.30. The van der Waals surface area contributed by atoms with Crippen molar-refractivity contribution in [2.24, 2.45) is 0 Å². The Morgan fingerprint density at radius 3 is 2.72 bits per heavy atom. The lowest BCUT2D eigenvalue weighted by Crippen LogP contribution is -2.43. The van der Waals surface area contributed by atoms with E-state index in [0.717, 1.165) is 10.2 Å². The lowest BCUT2D eigenvalue weighted by Gasteiger charge is -2.31. The molecule has 0 saturated carbocycles. The van der Waals surface area contributed by atoms with Crippen molar-refractivity contribution >= 4 is 27.5 Å². The molecule has 8 heteroatoms. The van der Waals surface area contributed by atoms with Crippen LogP contribution in [-0.4, -0.2) is 48.7 Å². The largest absolute Gasteiger partial charge is 0.493 e. The smallest absolute Gasteiger partial charge is 0.274 e. The van der Waals surface area contributed by atoms with Crippen LogP contribution in [0.3, 0.4) is 0 Å². The van der Waals surface area contributed by atoms with Gasteiger partial charge in [0.2, 0.25) is 0 Å². The topological polar surface area (TPSA) is 60.9 Å². The molecule has 2 aromatic carbocycles. The average molecular weight is 416 g/mol. The number of carbonyl (C=O) groups excluding carboxylic acids is 1. The third-order valence-corrected chi connectivity index (χ3v) is 5.72. The van der Waals surface area contributed by atoms with E-state index in [9.17, 15) is 9.18 Å². The quantitative estimate of drug-likeness (QED) is 0.610. The molecule has 0 bridgehead atoms. The van der Waals surface area contributed by atoms with Gasteiger partial charge in [0, 0.05) is 25.9 Å². The van der Waals surface area contributed by atoms with Gasteiger partial charge in [0.25, 0.3) is 11.1 Å². The van der Waals surface area contributed by atoms with Crippen molar-refractivity contribution in [1.29, 1.82) is 0 Å². The minimum Gasteiger partial charge on any atom is -0.493 e. The summed E-state index contributed by atoms with van der Waals surface area (Å²) >= 11 is 1.34. The van der Waals surface area contributed by atoms with Crippen LogP contribution >= 0.6 is 11.3 Å². The maximum Gasteiger partial charge on any atom is 0.274 e. The first-order valence-corrected chi connectivity index (χ1v) is 10.2. The summed E-state index contributed by atoms with van der Waals surface area (Å²) in [6, 6.07) is 11.7. The monoisotopic (exact) mass is 416 g/mol. The minimum atomic E-state index is -0.283. The van der Waals surface area contributed by atoms with Crippen molar-refractivity contribution in [3.63, 3.8) is 0 Å². The van der Waals surface area contributed by atoms with Crippen LogP contribution in [0.1, 0.15) is 12.8 Å². The highest BCUT2D eigenvalue weighted by molar-refractivity contribution is 7.20. The molecule has 1 amide bonds. The van der Waals surface area contributed by atoms with Gasteiger partial charge in [0.05, 0.1) is 17.3 Å². The predicted molar refractivity (Wildman–Crippen MR) is 108 cm³/mol. The van der Waals surface area contributed by atoms with E-state index in [0.29, 0.717) is 42.6 Å². The Kier molecular flexibility index (Phi) is 5.80. The van der Waals surface area contributed by atoms with Gasteiger partial charge in [-0.2, -0.15) is 0 Å². The van der Waals surface area contributed by atoms with E-state index in [-0.39, 0.29) is 24.4 Å². The number of fused-ring (bicyclic) bond motifs is 1. The molecule has 1 saturated heterocycles. The average Bonchev–Trinajstić information content (AvgIpc) is 3.14. The molecule has 6 nitrogen and oxygen atoms in total. The summed E-state index contributed by atoms with van der Waals surface area (Å²) in [7, 11) is 1.57. The SMILES string of the molecule is COc1ccccc1OCC(=O)N1CCC(Oc2nc3ccc(F)cc3s2)CC1. The zero-order valence-corrected chi connectivity index (χ0v) is 16.8. The number of halogens is 1. The first kappa shape index (κ1) is 19.4. The Morgan fingerprint density at radius 2 is 1.97 bits per heavy atom. The number of aromatic nitrogens is 1. The molecule has 1 aliphatic heterocycles. The summed E-state index contributed by atoms with van der Waals surface area (Å²) in [6.45, 7) is 1.16. The van der Waals surface area contributed by atoms with E-state index in [4.69, 9.17) is 14.2 Å². The zero-order valence-electron chi connectivity index (χ0n) is 16.0. The van der Waals surface area contributed by atoms with Crippen molar-refractivity contribution in [2.45, 2.75) is 18.9 Å². The lowest BCUT2D eigenvalue weighted by molar-refractivity contribution is -0.135. The highest BCUT2D eigenvalue weighted by Gasteiger charge is 2.25. The second-order valence-corrected chi connectivity index (χ2v) is 7.72. The van der Waals surface area contributed by atoms with Crippen LogP contribution in [-0.2, 0) is 4.79 Å². The molecule has 1 aliphatic rings. The highest BCUT2D eigenvalue weighted by atomic mass is 32.1. The number of rotatable bonds is 6. The van der Waals surface area contributed by atoms with Gasteiger partial charge in [0.1, 0.15) is 11.9 Å². The number of amides is 1. The summed E-state index contributed by atoms with van der Waals surface area (Å²) < 4.78 is 30.9. The number of benzene rings is 2. The van der Waals surface area contributed by atoms with E-state index in [2.05, 4.69) is 4.98 Å². The maximum absolute atomic E-state index is 13.3. The van der Waals surface area contributed by atoms with Crippen LogP contribution in [0, 0.1) is 5.82 Å². The fourth-order valence-corrected chi connectivity index (χ4v) is 4.17. The van der Waals surface area contributed by atoms with Crippen molar-refractivity contribution in [1.82, 2.24) is 9.88 Å². The van der Waals surface area contributed by atoms with Gasteiger partial charge in [-0.3, -0.25) is 4.79 Å². The summed E-state index contributed by atoms with van der Waals surface area (Å²) in [4.78, 5) is 18.6. The molecule has 0 aliphatic carbocycles. The number of methoxy groups -OCH3 is 1. The number of likely N-dealkylation sites (tertiary alicyclic amines) is 1. The standard InChI is InChI=1S/C21H21FN2O4S/c1-26-17-4-2-3-5-18(17)27-13-20(25)24-10-8-15(9-11-24)28-21-23-16-7-6-14(22)12-19(16)29-21/h2-7,12,15H,8-11,13H2,1H3. The van der Waals surface area contributed by atoms with Gasteiger partial charge in [0.15, 0.2) is 18.1 Å². The van der Waals surface area contributed by atoms with Crippen LogP contribution in [0.15, 0.2) is 42.5 Å². The number of para-hydroxylation sites is 2. The molecular weight excluding hydrogens is 395 g/mol. The molecule has 2 heterocycles. The Hall–Kier alpha value is -2.87. The van der Waals surface area contributed by atoms with Gasteiger partial charge in [-0.15, -0.1) is 0 Å². The van der Waals surface area contributed by atoms with Crippen molar-refractivity contribution in [3.8, 4) is 16.7 Å². The first-order valence-electron chi connectivity index (χ1n) is 9.39. The summed E-state index contributed by atoms with van der Waals surface area (Å²) in [6.07, 6.45) is 1.41. The molecule has 0 radical (unpaired) electrons. The number of piperidine rings is 1. The minimum absolute atomic E-state index is 0.0143. The summed E-state index contributed by atoms with van der Waals surface area (Å²) in [5.74, 6) is 0.802. The van der Waals surface area contributed by atoms with E-state index in [1.54, 1.807) is 30.2 Å². The predicted octanol–water partition coefficient (Wildman–Crippen LogP) is 3.89. The fraction of sp³-hybridized carbons (Fsp3) is 0.333. The number of hydrogen-bond acceptors (Lipinski definition) is 6. The molecule has 4 rings (SSSR count). The van der Waals surface area contributed by atoms with E-state index in [1.807, 2.05) is 12.1 Å². The van der Waals surface area contributed by atoms with Crippen molar-refractivity contribution < 1.29 is 23.4 Å². The molecule has 152 valence electrons. The van der Waals surface area contributed by atoms with Crippen LogP contribution in [0.5, 0.6) is 16.7 Å². The van der Waals surface area contributed by atoms with Gasteiger partial charge in [-0.25, -0.2) is 9.37 Å². The second kappa shape index (κ2) is 8.65. The number of ether oxygens (including phenoxy) is 3. The second-order valence-electron chi connectivity index (χ2n) is 6.73. The van der Waals surface area contributed by atoms with Gasteiger partial charge >= 0.3 is 0 Å².